The molecular weight excluding hydrogens is 436 g/mol. The maximum absolute atomic E-state index is 13.9. The summed E-state index contributed by atoms with van der Waals surface area (Å²) < 4.78 is 7.81. The molecule has 172 valence electrons. The zero-order valence-electron chi connectivity index (χ0n) is 19.3. The number of H-pyrrole nitrogens is 1. The molecule has 1 aliphatic carbocycles. The lowest BCUT2D eigenvalue weighted by molar-refractivity contribution is -0.116. The number of carbonyl (C=O) groups is 1. The lowest BCUT2D eigenvalue weighted by Gasteiger charge is -2.36. The van der Waals surface area contributed by atoms with E-state index in [4.69, 9.17) is 9.72 Å². The molecule has 2 atom stereocenters. The minimum atomic E-state index is -0.254. The summed E-state index contributed by atoms with van der Waals surface area (Å²) in [5.74, 6) is 1.80. The highest BCUT2D eigenvalue weighted by molar-refractivity contribution is 6.02. The topological polar surface area (TPSA) is 71.9 Å². The molecule has 2 unspecified atom stereocenters. The minimum absolute atomic E-state index is 0.0458. The van der Waals surface area contributed by atoms with Crippen molar-refractivity contribution in [2.45, 2.75) is 24.8 Å². The second kappa shape index (κ2) is 7.60. The first-order chi connectivity index (χ1) is 17.2. The Morgan fingerprint density at radius 3 is 2.66 bits per heavy atom. The van der Waals surface area contributed by atoms with Gasteiger partial charge in [-0.25, -0.2) is 4.98 Å². The second-order valence-electron chi connectivity index (χ2n) is 9.27. The van der Waals surface area contributed by atoms with E-state index in [0.29, 0.717) is 6.42 Å². The Kier molecular flexibility index (Phi) is 4.36. The number of aromatic amines is 1. The zero-order chi connectivity index (χ0) is 23.5. The van der Waals surface area contributed by atoms with E-state index in [2.05, 4.69) is 39.1 Å². The van der Waals surface area contributed by atoms with Gasteiger partial charge in [-0.2, -0.15) is 0 Å². The number of imidazole rings is 1. The number of hydrogen-bond donors (Lipinski definition) is 2. The number of fused-ring (bicyclic) bond motifs is 4. The summed E-state index contributed by atoms with van der Waals surface area (Å²) in [4.78, 5) is 22.3. The maximum Gasteiger partial charge on any atom is 0.209 e. The van der Waals surface area contributed by atoms with Crippen LogP contribution in [0.1, 0.15) is 35.9 Å². The Bertz CT molecular complexity index is 1660. The van der Waals surface area contributed by atoms with E-state index in [1.54, 1.807) is 7.11 Å². The predicted octanol–water partition coefficient (Wildman–Crippen LogP) is 5.94. The highest BCUT2D eigenvalue weighted by atomic mass is 16.5. The third-order valence-corrected chi connectivity index (χ3v) is 7.39. The third-order valence-electron chi connectivity index (χ3n) is 7.39. The van der Waals surface area contributed by atoms with Crippen LogP contribution in [0.5, 0.6) is 5.75 Å². The van der Waals surface area contributed by atoms with Crippen LogP contribution in [0.3, 0.4) is 0 Å². The first-order valence-corrected chi connectivity index (χ1v) is 11.9. The minimum Gasteiger partial charge on any atom is -0.496 e. The molecular formula is C29H24N4O2. The van der Waals surface area contributed by atoms with Gasteiger partial charge in [-0.05, 0) is 36.2 Å². The standard InChI is InChI=1S/C29H24N4O2/c1-35-26-13-7-3-8-18(26)17-14-23-27(25(34)15-17)28(20-16-30-21-10-4-2-9-19(20)21)33-24-12-6-5-11-22(24)31-29(33)32-23/h2-13,16-17,28,30H,14-15H2,1H3,(H,31,32). The van der Waals surface area contributed by atoms with Crippen molar-refractivity contribution in [1.82, 2.24) is 14.5 Å². The molecule has 0 spiro atoms. The molecule has 5 aromatic rings. The Hall–Kier alpha value is -4.32. The maximum atomic E-state index is 13.9. The van der Waals surface area contributed by atoms with Crippen LogP contribution < -0.4 is 10.1 Å². The van der Waals surface area contributed by atoms with Gasteiger partial charge >= 0.3 is 0 Å². The van der Waals surface area contributed by atoms with Gasteiger partial charge in [0.05, 0.1) is 24.2 Å². The Labute approximate surface area is 202 Å². The summed E-state index contributed by atoms with van der Waals surface area (Å²) >= 11 is 0. The lowest BCUT2D eigenvalue weighted by atomic mass is 9.77. The van der Waals surface area contributed by atoms with E-state index in [1.165, 1.54) is 0 Å². The fraction of sp³-hybridized carbons (Fsp3) is 0.172. The SMILES string of the molecule is COc1ccccc1C1CC(=O)C2=C(C1)Nc1nc3ccccc3n1C2c1c[nH]c2ccccc12. The summed E-state index contributed by atoms with van der Waals surface area (Å²) in [5, 5.41) is 4.68. The highest BCUT2D eigenvalue weighted by Crippen LogP contribution is 2.48. The molecule has 0 bridgehead atoms. The fourth-order valence-electron chi connectivity index (χ4n) is 5.86. The van der Waals surface area contributed by atoms with E-state index in [-0.39, 0.29) is 17.7 Å². The number of allylic oxidation sites excluding steroid dienone is 2. The van der Waals surface area contributed by atoms with E-state index in [1.807, 2.05) is 54.7 Å². The number of ketones is 1. The molecule has 3 heterocycles. The van der Waals surface area contributed by atoms with Gasteiger partial charge in [0.15, 0.2) is 5.78 Å². The number of para-hydroxylation sites is 4. The summed E-state index contributed by atoms with van der Waals surface area (Å²) in [6, 6.07) is 24.1. The Morgan fingerprint density at radius 1 is 0.943 bits per heavy atom. The fourth-order valence-corrected chi connectivity index (χ4v) is 5.86. The number of nitrogens with zero attached hydrogens (tertiary/aromatic N) is 2. The molecule has 7 rings (SSSR count). The summed E-state index contributed by atoms with van der Waals surface area (Å²) in [6.45, 7) is 0. The van der Waals surface area contributed by atoms with Gasteiger partial charge in [0.2, 0.25) is 5.95 Å². The van der Waals surface area contributed by atoms with Crippen LogP contribution in [0.2, 0.25) is 0 Å². The van der Waals surface area contributed by atoms with Crippen LogP contribution in [0, 0.1) is 0 Å². The lowest BCUT2D eigenvalue weighted by Crippen LogP contribution is -2.33. The molecule has 2 aromatic heterocycles. The van der Waals surface area contributed by atoms with Crippen molar-refractivity contribution in [3.63, 3.8) is 0 Å². The molecule has 2 N–H and O–H groups in total. The molecule has 3 aromatic carbocycles. The molecule has 0 fully saturated rings. The van der Waals surface area contributed by atoms with Crippen molar-refractivity contribution in [3.05, 3.63) is 101 Å². The van der Waals surface area contributed by atoms with Crippen molar-refractivity contribution < 1.29 is 9.53 Å². The van der Waals surface area contributed by atoms with Crippen LogP contribution >= 0.6 is 0 Å². The molecule has 1 aliphatic heterocycles. The first-order valence-electron chi connectivity index (χ1n) is 11.9. The number of ether oxygens (including phenoxy) is 1. The Balaban J connectivity index is 1.44. The van der Waals surface area contributed by atoms with Gasteiger partial charge in [0, 0.05) is 46.3 Å². The predicted molar refractivity (Wildman–Crippen MR) is 137 cm³/mol. The molecule has 0 amide bonds. The van der Waals surface area contributed by atoms with Crippen molar-refractivity contribution in [2.75, 3.05) is 12.4 Å². The molecule has 35 heavy (non-hydrogen) atoms. The average molecular weight is 461 g/mol. The largest absolute Gasteiger partial charge is 0.496 e. The number of Topliss-reactive ketones (excluding diaryl/α,β-unsaturated/α-hetero) is 1. The number of methoxy groups -OCH3 is 1. The number of carbonyl (C=O) groups excluding carboxylic acids is 1. The monoisotopic (exact) mass is 460 g/mol. The number of hydrogen-bond acceptors (Lipinski definition) is 4. The molecule has 6 heteroatoms. The first kappa shape index (κ1) is 20.1. The van der Waals surface area contributed by atoms with Gasteiger partial charge in [0.25, 0.3) is 0 Å². The van der Waals surface area contributed by atoms with Crippen LogP contribution in [-0.2, 0) is 4.79 Å². The molecule has 6 nitrogen and oxygen atoms in total. The number of anilines is 1. The normalized spacial score (nSPS) is 19.5. The van der Waals surface area contributed by atoms with Crippen molar-refractivity contribution in [3.8, 4) is 5.75 Å². The second-order valence-corrected chi connectivity index (χ2v) is 9.27. The van der Waals surface area contributed by atoms with E-state index in [0.717, 1.165) is 62.5 Å². The van der Waals surface area contributed by atoms with Gasteiger partial charge in [-0.15, -0.1) is 0 Å². The van der Waals surface area contributed by atoms with Crippen LogP contribution in [0.15, 0.2) is 90.3 Å². The number of rotatable bonds is 3. The smallest absolute Gasteiger partial charge is 0.209 e. The van der Waals surface area contributed by atoms with Crippen LogP contribution in [0.4, 0.5) is 5.95 Å². The van der Waals surface area contributed by atoms with Gasteiger partial charge < -0.3 is 15.0 Å². The highest BCUT2D eigenvalue weighted by Gasteiger charge is 2.40. The van der Waals surface area contributed by atoms with Gasteiger partial charge in [-0.3, -0.25) is 9.36 Å². The molecule has 0 saturated carbocycles. The summed E-state index contributed by atoms with van der Waals surface area (Å²) in [7, 11) is 1.68. The van der Waals surface area contributed by atoms with Crippen LogP contribution in [-0.4, -0.2) is 27.4 Å². The van der Waals surface area contributed by atoms with E-state index < -0.39 is 0 Å². The summed E-state index contributed by atoms with van der Waals surface area (Å²) in [5.41, 5.74) is 6.92. The third kappa shape index (κ3) is 2.96. The van der Waals surface area contributed by atoms with Crippen molar-refractivity contribution in [1.29, 1.82) is 0 Å². The Morgan fingerprint density at radius 2 is 1.74 bits per heavy atom. The zero-order valence-corrected chi connectivity index (χ0v) is 19.3. The number of aromatic nitrogens is 3. The van der Waals surface area contributed by atoms with E-state index >= 15 is 0 Å². The number of benzene rings is 3. The van der Waals surface area contributed by atoms with E-state index in [9.17, 15) is 4.79 Å². The van der Waals surface area contributed by atoms with Gasteiger partial charge in [0.1, 0.15) is 5.75 Å². The van der Waals surface area contributed by atoms with Gasteiger partial charge in [-0.1, -0.05) is 48.5 Å². The summed E-state index contributed by atoms with van der Waals surface area (Å²) in [6.07, 6.45) is 3.22. The molecule has 0 radical (unpaired) electrons. The molecule has 2 aliphatic rings. The van der Waals surface area contributed by atoms with Crippen LogP contribution in [0.25, 0.3) is 21.9 Å². The molecule has 0 saturated heterocycles. The van der Waals surface area contributed by atoms with Crippen molar-refractivity contribution >= 4 is 33.7 Å². The average Bonchev–Trinajstić information content (AvgIpc) is 3.48. The number of nitrogens with one attached hydrogen (secondary N) is 2. The van der Waals surface area contributed by atoms with Crippen molar-refractivity contribution in [2.24, 2.45) is 0 Å². The quantitative estimate of drug-likeness (QED) is 0.349.